The molecule has 176 valence electrons. The summed E-state index contributed by atoms with van der Waals surface area (Å²) in [6, 6.07) is 17.3. The number of methoxy groups -OCH3 is 1. The van der Waals surface area contributed by atoms with Gasteiger partial charge >= 0.3 is 5.97 Å². The van der Waals surface area contributed by atoms with E-state index in [9.17, 15) is 9.59 Å². The molecule has 1 aliphatic rings. The normalized spacial score (nSPS) is 15.7. The van der Waals surface area contributed by atoms with Gasteiger partial charge in [-0.25, -0.2) is 9.79 Å². The van der Waals surface area contributed by atoms with Crippen LogP contribution >= 0.6 is 34.5 Å². The zero-order valence-electron chi connectivity index (χ0n) is 18.6. The number of furan rings is 1. The molecule has 5 rings (SSSR count). The molecular weight excluding hydrogens is 507 g/mol. The van der Waals surface area contributed by atoms with Crippen LogP contribution < -0.4 is 14.9 Å². The summed E-state index contributed by atoms with van der Waals surface area (Å²) >= 11 is 13.3. The van der Waals surface area contributed by atoms with Crippen molar-refractivity contribution in [2.45, 2.75) is 13.0 Å². The van der Waals surface area contributed by atoms with E-state index >= 15 is 0 Å². The summed E-state index contributed by atoms with van der Waals surface area (Å²) in [5, 5.41) is 1.19. The van der Waals surface area contributed by atoms with Gasteiger partial charge in [-0.15, -0.1) is 0 Å². The standard InChI is InChI=1S/C26H18Cl2N2O4S/c1-14-22(25(32)33-2)23(16-5-9-18(28)10-6-16)30-24(31)21(35-26(30)29-14)13-19-11-12-20(34-19)15-3-7-17(27)8-4-15/h3-13,23H,1-2H3/b21-13-/t23-/m1/s1. The number of aromatic nitrogens is 1. The maximum absolute atomic E-state index is 13.6. The number of nitrogens with zero attached hydrogens (tertiary/aromatic N) is 2. The molecular formula is C26H18Cl2N2O4S. The van der Waals surface area contributed by atoms with Crippen LogP contribution in [0.3, 0.4) is 0 Å². The first-order chi connectivity index (χ1) is 16.9. The highest BCUT2D eigenvalue weighted by molar-refractivity contribution is 7.07. The minimum Gasteiger partial charge on any atom is -0.466 e. The number of esters is 1. The molecule has 2 aromatic heterocycles. The van der Waals surface area contributed by atoms with Gasteiger partial charge in [0.1, 0.15) is 11.5 Å². The van der Waals surface area contributed by atoms with Crippen LogP contribution in [0.15, 0.2) is 86.1 Å². The van der Waals surface area contributed by atoms with E-state index in [0.29, 0.717) is 42.2 Å². The Morgan fingerprint density at radius 1 is 1.06 bits per heavy atom. The van der Waals surface area contributed by atoms with Crippen molar-refractivity contribution in [1.82, 2.24) is 4.57 Å². The average molecular weight is 525 g/mol. The van der Waals surface area contributed by atoms with Gasteiger partial charge in [-0.3, -0.25) is 9.36 Å². The van der Waals surface area contributed by atoms with Crippen molar-refractivity contribution < 1.29 is 13.9 Å². The minimum absolute atomic E-state index is 0.285. The second kappa shape index (κ2) is 9.34. The van der Waals surface area contributed by atoms with E-state index in [-0.39, 0.29) is 5.56 Å². The summed E-state index contributed by atoms with van der Waals surface area (Å²) < 4.78 is 12.9. The zero-order valence-corrected chi connectivity index (χ0v) is 20.9. The Balaban J connectivity index is 1.64. The van der Waals surface area contributed by atoms with E-state index in [2.05, 4.69) is 4.99 Å². The highest BCUT2D eigenvalue weighted by atomic mass is 35.5. The fourth-order valence-corrected chi connectivity index (χ4v) is 5.26. The van der Waals surface area contributed by atoms with Crippen molar-refractivity contribution in [3.63, 3.8) is 0 Å². The number of carbonyl (C=O) groups excluding carboxylic acids is 1. The lowest BCUT2D eigenvalue weighted by molar-refractivity contribution is -0.136. The van der Waals surface area contributed by atoms with E-state index in [1.807, 2.05) is 18.2 Å². The Bertz CT molecular complexity index is 1650. The molecule has 3 heterocycles. The topological polar surface area (TPSA) is 73.8 Å². The van der Waals surface area contributed by atoms with Crippen molar-refractivity contribution in [2.75, 3.05) is 7.11 Å². The summed E-state index contributed by atoms with van der Waals surface area (Å²) in [6.07, 6.45) is 1.68. The Morgan fingerprint density at radius 3 is 2.37 bits per heavy atom. The van der Waals surface area contributed by atoms with Crippen LogP contribution in [0.5, 0.6) is 0 Å². The molecule has 35 heavy (non-hydrogen) atoms. The third kappa shape index (κ3) is 4.38. The lowest BCUT2D eigenvalue weighted by Crippen LogP contribution is -2.39. The van der Waals surface area contributed by atoms with E-state index in [1.165, 1.54) is 23.0 Å². The smallest absolute Gasteiger partial charge is 0.338 e. The second-order valence-electron chi connectivity index (χ2n) is 7.83. The van der Waals surface area contributed by atoms with E-state index in [0.717, 1.165) is 11.1 Å². The molecule has 4 aromatic rings. The Labute approximate surface area is 214 Å². The summed E-state index contributed by atoms with van der Waals surface area (Å²) in [7, 11) is 1.31. The van der Waals surface area contributed by atoms with Gasteiger partial charge in [0.15, 0.2) is 4.80 Å². The Hall–Kier alpha value is -3.39. The number of allylic oxidation sites excluding steroid dienone is 1. The molecule has 6 nitrogen and oxygen atoms in total. The number of hydrogen-bond donors (Lipinski definition) is 0. The molecule has 1 atom stereocenters. The van der Waals surface area contributed by atoms with Crippen molar-refractivity contribution in [3.05, 3.63) is 113 Å². The summed E-state index contributed by atoms with van der Waals surface area (Å²) in [4.78, 5) is 31.3. The summed E-state index contributed by atoms with van der Waals surface area (Å²) in [6.45, 7) is 1.73. The molecule has 0 fully saturated rings. The number of ether oxygens (including phenoxy) is 1. The van der Waals surface area contributed by atoms with Gasteiger partial charge in [0.2, 0.25) is 0 Å². The molecule has 0 unspecified atom stereocenters. The number of carbonyl (C=O) groups is 1. The maximum atomic E-state index is 13.6. The van der Waals surface area contributed by atoms with E-state index in [1.54, 1.807) is 55.5 Å². The highest BCUT2D eigenvalue weighted by Gasteiger charge is 2.33. The number of hydrogen-bond acceptors (Lipinski definition) is 6. The second-order valence-corrected chi connectivity index (χ2v) is 9.72. The molecule has 0 radical (unpaired) electrons. The Morgan fingerprint density at radius 2 is 1.71 bits per heavy atom. The maximum Gasteiger partial charge on any atom is 0.338 e. The fourth-order valence-electron chi connectivity index (χ4n) is 3.98. The van der Waals surface area contributed by atoms with Crippen molar-refractivity contribution >= 4 is 46.6 Å². The highest BCUT2D eigenvalue weighted by Crippen LogP contribution is 2.31. The number of benzene rings is 2. The molecule has 9 heteroatoms. The zero-order chi connectivity index (χ0) is 24.7. The molecule has 1 aliphatic heterocycles. The lowest BCUT2D eigenvalue weighted by Gasteiger charge is -2.24. The van der Waals surface area contributed by atoms with Crippen LogP contribution in [0.25, 0.3) is 17.4 Å². The monoisotopic (exact) mass is 524 g/mol. The first kappa shape index (κ1) is 23.4. The van der Waals surface area contributed by atoms with Gasteiger partial charge in [-0.2, -0.15) is 0 Å². The van der Waals surface area contributed by atoms with Gasteiger partial charge in [-0.1, -0.05) is 46.7 Å². The SMILES string of the molecule is COC(=O)C1=C(C)N=c2s/c(=C\c3ccc(-c4ccc(Cl)cc4)o3)c(=O)n2[C@@H]1c1ccc(Cl)cc1. The van der Waals surface area contributed by atoms with Crippen molar-refractivity contribution in [3.8, 4) is 11.3 Å². The van der Waals surface area contributed by atoms with Gasteiger partial charge in [-0.05, 0) is 61.0 Å². The third-order valence-electron chi connectivity index (χ3n) is 5.64. The Kier molecular flexibility index (Phi) is 6.23. The van der Waals surface area contributed by atoms with Crippen molar-refractivity contribution in [2.24, 2.45) is 4.99 Å². The molecule has 0 saturated carbocycles. The number of thiazole rings is 1. The van der Waals surface area contributed by atoms with E-state index in [4.69, 9.17) is 32.4 Å². The van der Waals surface area contributed by atoms with Crippen LogP contribution in [-0.4, -0.2) is 17.6 Å². The summed E-state index contributed by atoms with van der Waals surface area (Å²) in [5.41, 5.74) is 2.10. The van der Waals surface area contributed by atoms with Crippen LogP contribution in [0, 0.1) is 0 Å². The predicted molar refractivity (Wildman–Crippen MR) is 136 cm³/mol. The van der Waals surface area contributed by atoms with Crippen LogP contribution in [0.4, 0.5) is 0 Å². The van der Waals surface area contributed by atoms with Crippen LogP contribution in [0.2, 0.25) is 10.0 Å². The minimum atomic E-state index is -0.695. The molecule has 0 spiro atoms. The number of halogens is 2. The third-order valence-corrected chi connectivity index (χ3v) is 7.13. The average Bonchev–Trinajstić information content (AvgIpc) is 3.43. The van der Waals surface area contributed by atoms with Gasteiger partial charge in [0.25, 0.3) is 5.56 Å². The predicted octanol–water partition coefficient (Wildman–Crippen LogP) is 4.98. The fraction of sp³-hybridized carbons (Fsp3) is 0.115. The quantitative estimate of drug-likeness (QED) is 0.353. The summed E-state index contributed by atoms with van der Waals surface area (Å²) in [5.74, 6) is 0.634. The largest absolute Gasteiger partial charge is 0.466 e. The molecule has 0 amide bonds. The van der Waals surface area contributed by atoms with Gasteiger partial charge < -0.3 is 9.15 Å². The lowest BCUT2D eigenvalue weighted by atomic mass is 9.96. The van der Waals surface area contributed by atoms with E-state index < -0.39 is 12.0 Å². The molecule has 0 saturated heterocycles. The molecule has 0 N–H and O–H groups in total. The van der Waals surface area contributed by atoms with Crippen LogP contribution in [-0.2, 0) is 9.53 Å². The first-order valence-electron chi connectivity index (χ1n) is 10.6. The molecule has 0 aliphatic carbocycles. The van der Waals surface area contributed by atoms with Crippen LogP contribution in [0.1, 0.15) is 24.3 Å². The molecule has 2 aromatic carbocycles. The molecule has 0 bridgehead atoms. The van der Waals surface area contributed by atoms with Gasteiger partial charge in [0, 0.05) is 21.7 Å². The first-order valence-corrected chi connectivity index (χ1v) is 12.1. The number of rotatable bonds is 4. The van der Waals surface area contributed by atoms with Crippen molar-refractivity contribution in [1.29, 1.82) is 0 Å². The van der Waals surface area contributed by atoms with Gasteiger partial charge in [0.05, 0.1) is 29.0 Å². The number of fused-ring (bicyclic) bond motifs is 1.